The van der Waals surface area contributed by atoms with Gasteiger partial charge in [-0.1, -0.05) is 31.0 Å². The Kier molecular flexibility index (Phi) is 8.43. The number of nitrogens with zero attached hydrogens (tertiary/aromatic N) is 2. The topological polar surface area (TPSA) is 102 Å². The van der Waals surface area contributed by atoms with Crippen LogP contribution in [0, 0.1) is 6.92 Å². The quantitative estimate of drug-likeness (QED) is 0.506. The van der Waals surface area contributed by atoms with Crippen LogP contribution < -0.4 is 15.5 Å². The van der Waals surface area contributed by atoms with Crippen LogP contribution in [0.5, 0.6) is 0 Å². The summed E-state index contributed by atoms with van der Waals surface area (Å²) in [5, 5.41) is 15.3. The average molecular weight is 453 g/mol. The van der Waals surface area contributed by atoms with Crippen molar-refractivity contribution in [1.29, 1.82) is 0 Å². The second-order valence-electron chi connectivity index (χ2n) is 8.33. The standard InChI is InChI=1S/C25H32N4O4/c1-3-4-10-26-23(30)17-28-11-13-29(14-12-28)22-9-8-20(25(32)33)16-21(22)27-24(31)19-7-5-6-18(2)15-19/h5-9,15-16H,3-4,10-14,17H2,1-2H3,(H,26,30)(H,27,31)(H,32,33). The summed E-state index contributed by atoms with van der Waals surface area (Å²) in [7, 11) is 0. The molecule has 176 valence electrons. The maximum Gasteiger partial charge on any atom is 0.335 e. The van der Waals surface area contributed by atoms with Crippen molar-refractivity contribution in [2.24, 2.45) is 0 Å². The van der Waals surface area contributed by atoms with E-state index in [2.05, 4.69) is 27.4 Å². The monoisotopic (exact) mass is 452 g/mol. The zero-order valence-electron chi connectivity index (χ0n) is 19.3. The van der Waals surface area contributed by atoms with E-state index in [1.807, 2.05) is 19.1 Å². The first-order valence-electron chi connectivity index (χ1n) is 11.4. The molecule has 0 saturated carbocycles. The fourth-order valence-electron chi connectivity index (χ4n) is 3.84. The molecule has 2 aromatic carbocycles. The summed E-state index contributed by atoms with van der Waals surface area (Å²) in [5.74, 6) is -1.30. The number of carbonyl (C=O) groups excluding carboxylic acids is 2. The minimum Gasteiger partial charge on any atom is -0.478 e. The lowest BCUT2D eigenvalue weighted by molar-refractivity contribution is -0.122. The number of carbonyl (C=O) groups is 3. The van der Waals surface area contributed by atoms with Gasteiger partial charge in [0.05, 0.1) is 23.5 Å². The molecule has 2 amide bonds. The second kappa shape index (κ2) is 11.5. The molecule has 3 N–H and O–H groups in total. The zero-order chi connectivity index (χ0) is 23.8. The number of unbranched alkanes of at least 4 members (excludes halogenated alkanes) is 1. The summed E-state index contributed by atoms with van der Waals surface area (Å²) in [5.41, 5.74) is 2.83. The molecule has 1 fully saturated rings. The van der Waals surface area contributed by atoms with Crippen molar-refractivity contribution in [2.75, 3.05) is 49.5 Å². The lowest BCUT2D eigenvalue weighted by atomic mass is 10.1. The summed E-state index contributed by atoms with van der Waals surface area (Å²) >= 11 is 0. The summed E-state index contributed by atoms with van der Waals surface area (Å²) in [6.07, 6.45) is 2.02. The third kappa shape index (κ3) is 6.79. The van der Waals surface area contributed by atoms with Crippen molar-refractivity contribution in [1.82, 2.24) is 10.2 Å². The van der Waals surface area contributed by atoms with Gasteiger partial charge in [0.2, 0.25) is 5.91 Å². The smallest absolute Gasteiger partial charge is 0.335 e. The second-order valence-corrected chi connectivity index (χ2v) is 8.33. The van der Waals surface area contributed by atoms with Crippen molar-refractivity contribution in [3.63, 3.8) is 0 Å². The fourth-order valence-corrected chi connectivity index (χ4v) is 3.84. The first-order chi connectivity index (χ1) is 15.9. The molecule has 1 heterocycles. The number of aromatic carboxylic acids is 1. The van der Waals surface area contributed by atoms with E-state index >= 15 is 0 Å². The van der Waals surface area contributed by atoms with E-state index < -0.39 is 5.97 Å². The van der Waals surface area contributed by atoms with Gasteiger partial charge in [0.1, 0.15) is 0 Å². The van der Waals surface area contributed by atoms with E-state index in [0.717, 1.165) is 24.1 Å². The molecule has 2 aromatic rings. The SMILES string of the molecule is CCCCNC(=O)CN1CCN(c2ccc(C(=O)O)cc2NC(=O)c2cccc(C)c2)CC1. The van der Waals surface area contributed by atoms with Gasteiger partial charge in [-0.2, -0.15) is 0 Å². The highest BCUT2D eigenvalue weighted by atomic mass is 16.4. The predicted molar refractivity (Wildman–Crippen MR) is 129 cm³/mol. The maximum absolute atomic E-state index is 12.8. The van der Waals surface area contributed by atoms with Crippen molar-refractivity contribution in [3.8, 4) is 0 Å². The molecule has 33 heavy (non-hydrogen) atoms. The molecule has 8 nitrogen and oxygen atoms in total. The first kappa shape index (κ1) is 24.3. The fraction of sp³-hybridized carbons (Fsp3) is 0.400. The third-order valence-electron chi connectivity index (χ3n) is 5.70. The minimum absolute atomic E-state index is 0.0359. The Balaban J connectivity index is 1.69. The molecule has 1 saturated heterocycles. The molecule has 1 aliphatic heterocycles. The molecule has 0 aliphatic carbocycles. The van der Waals surface area contributed by atoms with E-state index in [0.29, 0.717) is 50.5 Å². The van der Waals surface area contributed by atoms with Crippen LogP contribution in [0.3, 0.4) is 0 Å². The maximum atomic E-state index is 12.8. The van der Waals surface area contributed by atoms with E-state index in [1.54, 1.807) is 24.3 Å². The number of carboxylic acids is 1. The highest BCUT2D eigenvalue weighted by Crippen LogP contribution is 2.29. The Labute approximate surface area is 194 Å². The Bertz CT molecular complexity index is 1000. The number of carboxylic acid groups (broad SMARTS) is 1. The summed E-state index contributed by atoms with van der Waals surface area (Å²) in [6.45, 7) is 7.81. The van der Waals surface area contributed by atoms with E-state index in [1.165, 1.54) is 6.07 Å². The molecule has 0 aromatic heterocycles. The number of amides is 2. The molecule has 0 spiro atoms. The predicted octanol–water partition coefficient (Wildman–Crippen LogP) is 2.98. The van der Waals surface area contributed by atoms with E-state index in [9.17, 15) is 19.5 Å². The molecule has 0 unspecified atom stereocenters. The van der Waals surface area contributed by atoms with E-state index in [4.69, 9.17) is 0 Å². The summed E-state index contributed by atoms with van der Waals surface area (Å²) in [6, 6.07) is 12.0. The Morgan fingerprint density at radius 2 is 1.76 bits per heavy atom. The number of hydrogen-bond donors (Lipinski definition) is 3. The number of hydrogen-bond acceptors (Lipinski definition) is 5. The normalized spacial score (nSPS) is 14.1. The Hall–Kier alpha value is -3.39. The van der Waals surface area contributed by atoms with Crippen LogP contribution >= 0.6 is 0 Å². The van der Waals surface area contributed by atoms with Crippen LogP contribution in [0.1, 0.15) is 46.0 Å². The number of piperazine rings is 1. The van der Waals surface area contributed by atoms with Gasteiger partial charge >= 0.3 is 5.97 Å². The Morgan fingerprint density at radius 3 is 2.42 bits per heavy atom. The number of rotatable bonds is 9. The molecule has 3 rings (SSSR count). The molecular formula is C25H32N4O4. The van der Waals surface area contributed by atoms with Gasteiger partial charge in [-0.25, -0.2) is 4.79 Å². The molecule has 1 aliphatic rings. The lowest BCUT2D eigenvalue weighted by Crippen LogP contribution is -2.49. The Morgan fingerprint density at radius 1 is 1.00 bits per heavy atom. The van der Waals surface area contributed by atoms with Crippen LogP contribution in [0.25, 0.3) is 0 Å². The lowest BCUT2D eigenvalue weighted by Gasteiger charge is -2.36. The van der Waals surface area contributed by atoms with E-state index in [-0.39, 0.29) is 17.4 Å². The van der Waals surface area contributed by atoms with Crippen molar-refractivity contribution in [3.05, 3.63) is 59.2 Å². The van der Waals surface area contributed by atoms with Crippen molar-refractivity contribution >= 4 is 29.2 Å². The van der Waals surface area contributed by atoms with Gasteiger partial charge in [0.15, 0.2) is 0 Å². The van der Waals surface area contributed by atoms with Gasteiger partial charge < -0.3 is 20.6 Å². The molecular weight excluding hydrogens is 420 g/mol. The minimum atomic E-state index is -1.05. The molecule has 0 radical (unpaired) electrons. The molecule has 0 atom stereocenters. The summed E-state index contributed by atoms with van der Waals surface area (Å²) in [4.78, 5) is 40.7. The van der Waals surface area contributed by atoms with Gasteiger partial charge in [-0.05, 0) is 43.7 Å². The van der Waals surface area contributed by atoms with Gasteiger partial charge in [-0.15, -0.1) is 0 Å². The van der Waals surface area contributed by atoms with Crippen molar-refractivity contribution < 1.29 is 19.5 Å². The van der Waals surface area contributed by atoms with Crippen LogP contribution in [-0.2, 0) is 4.79 Å². The van der Waals surface area contributed by atoms with Crippen LogP contribution in [0.4, 0.5) is 11.4 Å². The highest BCUT2D eigenvalue weighted by Gasteiger charge is 2.22. The van der Waals surface area contributed by atoms with Crippen LogP contribution in [0.15, 0.2) is 42.5 Å². The third-order valence-corrected chi connectivity index (χ3v) is 5.70. The van der Waals surface area contributed by atoms with Crippen molar-refractivity contribution in [2.45, 2.75) is 26.7 Å². The number of benzene rings is 2. The molecule has 0 bridgehead atoms. The highest BCUT2D eigenvalue weighted by molar-refractivity contribution is 6.06. The number of nitrogens with one attached hydrogen (secondary N) is 2. The van der Waals surface area contributed by atoms with Gasteiger partial charge in [-0.3, -0.25) is 14.5 Å². The van der Waals surface area contributed by atoms with Gasteiger partial charge in [0.25, 0.3) is 5.91 Å². The zero-order valence-corrected chi connectivity index (χ0v) is 19.3. The number of aryl methyl sites for hydroxylation is 1. The van der Waals surface area contributed by atoms with Crippen LogP contribution in [-0.4, -0.2) is 67.1 Å². The van der Waals surface area contributed by atoms with Gasteiger partial charge in [0, 0.05) is 38.3 Å². The largest absolute Gasteiger partial charge is 0.478 e. The van der Waals surface area contributed by atoms with Crippen LogP contribution in [0.2, 0.25) is 0 Å². The molecule has 8 heteroatoms. The number of anilines is 2. The first-order valence-corrected chi connectivity index (χ1v) is 11.4. The summed E-state index contributed by atoms with van der Waals surface area (Å²) < 4.78 is 0. The average Bonchev–Trinajstić information content (AvgIpc) is 2.80.